The summed E-state index contributed by atoms with van der Waals surface area (Å²) < 4.78 is 25.1. The SMILES string of the molecule is COc1cc(/C=C(\C#N)C(=O)Nc2ccccc2Cl)cc(I)c1OCc1ccc(F)cc1. The van der Waals surface area contributed by atoms with Crippen LogP contribution >= 0.6 is 34.2 Å². The number of hydrogen-bond donors (Lipinski definition) is 1. The van der Waals surface area contributed by atoms with Crippen LogP contribution in [-0.4, -0.2) is 13.0 Å². The first-order valence-corrected chi connectivity index (χ1v) is 10.8. The average molecular weight is 563 g/mol. The lowest BCUT2D eigenvalue weighted by Crippen LogP contribution is -2.13. The molecule has 0 bridgehead atoms. The molecule has 0 saturated heterocycles. The minimum atomic E-state index is -0.578. The molecule has 0 heterocycles. The molecule has 0 saturated carbocycles. The van der Waals surface area contributed by atoms with Crippen molar-refractivity contribution in [2.75, 3.05) is 12.4 Å². The maximum atomic E-state index is 13.1. The van der Waals surface area contributed by atoms with Gasteiger partial charge in [0.15, 0.2) is 11.5 Å². The first-order valence-electron chi connectivity index (χ1n) is 9.33. The van der Waals surface area contributed by atoms with Gasteiger partial charge < -0.3 is 14.8 Å². The number of hydrogen-bond acceptors (Lipinski definition) is 4. The lowest BCUT2D eigenvalue weighted by atomic mass is 10.1. The Balaban J connectivity index is 1.82. The van der Waals surface area contributed by atoms with Crippen LogP contribution in [0.25, 0.3) is 6.08 Å². The number of halogens is 3. The average Bonchev–Trinajstić information content (AvgIpc) is 2.79. The van der Waals surface area contributed by atoms with Gasteiger partial charge in [0.1, 0.15) is 24.1 Å². The first kappa shape index (κ1) is 23.6. The van der Waals surface area contributed by atoms with Gasteiger partial charge in [-0.25, -0.2) is 4.39 Å². The largest absolute Gasteiger partial charge is 0.493 e. The van der Waals surface area contributed by atoms with Gasteiger partial charge in [-0.1, -0.05) is 35.9 Å². The second-order valence-corrected chi connectivity index (χ2v) is 8.12. The number of carbonyl (C=O) groups is 1. The van der Waals surface area contributed by atoms with Crippen LogP contribution < -0.4 is 14.8 Å². The van der Waals surface area contributed by atoms with E-state index in [4.69, 9.17) is 21.1 Å². The maximum Gasteiger partial charge on any atom is 0.266 e. The molecular formula is C24H17ClFIN2O3. The van der Waals surface area contributed by atoms with Crippen molar-refractivity contribution in [3.63, 3.8) is 0 Å². The molecule has 0 spiro atoms. The van der Waals surface area contributed by atoms with Crippen LogP contribution in [0, 0.1) is 20.7 Å². The summed E-state index contributed by atoms with van der Waals surface area (Å²) in [5, 5.41) is 12.5. The zero-order chi connectivity index (χ0) is 23.1. The van der Waals surface area contributed by atoms with E-state index in [-0.39, 0.29) is 18.0 Å². The van der Waals surface area contributed by atoms with Crippen LogP contribution in [0.15, 0.2) is 66.2 Å². The zero-order valence-corrected chi connectivity index (χ0v) is 19.8. The molecule has 162 valence electrons. The fraction of sp³-hybridized carbons (Fsp3) is 0.0833. The molecule has 1 N–H and O–H groups in total. The number of amides is 1. The predicted octanol–water partition coefficient (Wildman–Crippen LogP) is 6.22. The van der Waals surface area contributed by atoms with Gasteiger partial charge in [0.25, 0.3) is 5.91 Å². The van der Waals surface area contributed by atoms with Crippen molar-refractivity contribution in [3.8, 4) is 17.6 Å². The number of nitriles is 1. The predicted molar refractivity (Wildman–Crippen MR) is 130 cm³/mol. The van der Waals surface area contributed by atoms with Crippen molar-refractivity contribution >= 4 is 51.9 Å². The van der Waals surface area contributed by atoms with Crippen molar-refractivity contribution < 1.29 is 18.7 Å². The number of methoxy groups -OCH3 is 1. The Kier molecular flexibility index (Phi) is 8.09. The summed E-state index contributed by atoms with van der Waals surface area (Å²) in [5.74, 6) is 0.0535. The quantitative estimate of drug-likeness (QED) is 0.211. The molecule has 8 heteroatoms. The third-order valence-corrected chi connectivity index (χ3v) is 5.48. The van der Waals surface area contributed by atoms with Crippen LogP contribution in [0.3, 0.4) is 0 Å². The topological polar surface area (TPSA) is 71.3 Å². The number of ether oxygens (including phenoxy) is 2. The number of nitrogens with one attached hydrogen (secondary N) is 1. The molecule has 32 heavy (non-hydrogen) atoms. The second-order valence-electron chi connectivity index (χ2n) is 6.55. The number of anilines is 1. The van der Waals surface area contributed by atoms with E-state index in [2.05, 4.69) is 27.9 Å². The molecule has 0 aromatic heterocycles. The molecule has 0 atom stereocenters. The van der Waals surface area contributed by atoms with Crippen LogP contribution in [0.5, 0.6) is 11.5 Å². The normalized spacial score (nSPS) is 10.9. The van der Waals surface area contributed by atoms with Gasteiger partial charge in [0, 0.05) is 0 Å². The molecule has 0 fully saturated rings. The van der Waals surface area contributed by atoms with E-state index in [0.717, 1.165) is 9.13 Å². The molecule has 0 unspecified atom stereocenters. The Labute approximate surface area is 203 Å². The fourth-order valence-corrected chi connectivity index (χ4v) is 3.73. The lowest BCUT2D eigenvalue weighted by Gasteiger charge is -2.14. The van der Waals surface area contributed by atoms with Crippen molar-refractivity contribution in [3.05, 3.63) is 91.8 Å². The Morgan fingerprint density at radius 3 is 2.59 bits per heavy atom. The van der Waals surface area contributed by atoms with Crippen LogP contribution in [0.1, 0.15) is 11.1 Å². The third kappa shape index (κ3) is 5.99. The van der Waals surface area contributed by atoms with E-state index in [0.29, 0.717) is 27.8 Å². The molecule has 3 rings (SSSR count). The molecule has 0 aliphatic rings. The Morgan fingerprint density at radius 1 is 1.22 bits per heavy atom. The molecule has 3 aromatic rings. The number of para-hydroxylation sites is 1. The number of rotatable bonds is 7. The summed E-state index contributed by atoms with van der Waals surface area (Å²) in [6, 6.07) is 18.1. The van der Waals surface area contributed by atoms with Gasteiger partial charge >= 0.3 is 0 Å². The summed E-state index contributed by atoms with van der Waals surface area (Å²) >= 11 is 8.16. The summed E-state index contributed by atoms with van der Waals surface area (Å²) in [6.45, 7) is 0.228. The van der Waals surface area contributed by atoms with E-state index in [1.807, 2.05) is 6.07 Å². The number of nitrogens with zero attached hydrogens (tertiary/aromatic N) is 1. The Morgan fingerprint density at radius 2 is 1.94 bits per heavy atom. The number of carbonyl (C=O) groups excluding carboxylic acids is 1. The van der Waals surface area contributed by atoms with Gasteiger partial charge in [0.2, 0.25) is 0 Å². The monoisotopic (exact) mass is 562 g/mol. The van der Waals surface area contributed by atoms with Gasteiger partial charge in [-0.2, -0.15) is 5.26 Å². The van der Waals surface area contributed by atoms with E-state index in [9.17, 15) is 14.4 Å². The lowest BCUT2D eigenvalue weighted by molar-refractivity contribution is -0.112. The van der Waals surface area contributed by atoms with E-state index in [1.165, 1.54) is 25.3 Å². The highest BCUT2D eigenvalue weighted by Gasteiger charge is 2.15. The van der Waals surface area contributed by atoms with Gasteiger partial charge in [-0.05, 0) is 76.2 Å². The van der Waals surface area contributed by atoms with Gasteiger partial charge in [0.05, 0.1) is 21.4 Å². The molecule has 0 radical (unpaired) electrons. The van der Waals surface area contributed by atoms with Gasteiger partial charge in [-0.15, -0.1) is 0 Å². The Hall–Kier alpha value is -3.09. The van der Waals surface area contributed by atoms with Crippen molar-refractivity contribution in [1.29, 1.82) is 5.26 Å². The Bertz CT molecular complexity index is 1210. The first-order chi connectivity index (χ1) is 15.4. The summed E-state index contributed by atoms with van der Waals surface area (Å²) in [7, 11) is 1.50. The maximum absolute atomic E-state index is 13.1. The minimum absolute atomic E-state index is 0.0947. The summed E-state index contributed by atoms with van der Waals surface area (Å²) in [5.41, 5.74) is 1.71. The van der Waals surface area contributed by atoms with Gasteiger partial charge in [-0.3, -0.25) is 4.79 Å². The standard InChI is InChI=1S/C24H17ClFIN2O3/c1-31-22-12-16(10-17(13-28)24(30)29-21-5-3-2-4-19(21)25)11-20(27)23(22)32-14-15-6-8-18(26)9-7-15/h2-12H,14H2,1H3,(H,29,30)/b17-10+. The fourth-order valence-electron chi connectivity index (χ4n) is 2.77. The third-order valence-electron chi connectivity index (χ3n) is 4.35. The smallest absolute Gasteiger partial charge is 0.266 e. The van der Waals surface area contributed by atoms with Crippen LogP contribution in [-0.2, 0) is 11.4 Å². The molecule has 3 aromatic carbocycles. The van der Waals surface area contributed by atoms with Crippen LogP contribution in [0.4, 0.5) is 10.1 Å². The van der Waals surface area contributed by atoms with Crippen molar-refractivity contribution in [2.45, 2.75) is 6.61 Å². The molecule has 5 nitrogen and oxygen atoms in total. The zero-order valence-electron chi connectivity index (χ0n) is 16.9. The van der Waals surface area contributed by atoms with Crippen molar-refractivity contribution in [2.24, 2.45) is 0 Å². The van der Waals surface area contributed by atoms with E-state index >= 15 is 0 Å². The van der Waals surface area contributed by atoms with Crippen molar-refractivity contribution in [1.82, 2.24) is 0 Å². The highest BCUT2D eigenvalue weighted by Crippen LogP contribution is 2.35. The molecule has 0 aliphatic heterocycles. The summed E-state index contributed by atoms with van der Waals surface area (Å²) in [4.78, 5) is 12.5. The highest BCUT2D eigenvalue weighted by atomic mass is 127. The molecule has 0 aliphatic carbocycles. The molecular weight excluding hydrogens is 546 g/mol. The van der Waals surface area contributed by atoms with Crippen LogP contribution in [0.2, 0.25) is 5.02 Å². The second kappa shape index (κ2) is 11.0. The highest BCUT2D eigenvalue weighted by molar-refractivity contribution is 14.1. The summed E-state index contributed by atoms with van der Waals surface area (Å²) in [6.07, 6.45) is 1.46. The van der Waals surface area contributed by atoms with E-state index < -0.39 is 5.91 Å². The van der Waals surface area contributed by atoms with E-state index in [1.54, 1.807) is 48.5 Å². The number of benzene rings is 3. The minimum Gasteiger partial charge on any atom is -0.493 e. The molecule has 1 amide bonds.